The molecule has 0 spiro atoms. The minimum absolute atomic E-state index is 0.0256. The molecule has 1 heterocycles. The average Bonchev–Trinajstić information content (AvgIpc) is 2.68. The van der Waals surface area contributed by atoms with E-state index in [1.54, 1.807) is 24.3 Å². The van der Waals surface area contributed by atoms with Gasteiger partial charge in [0.05, 0.1) is 31.7 Å². The number of halogens is 1. The number of rotatable bonds is 5. The highest BCUT2D eigenvalue weighted by Gasteiger charge is 2.25. The van der Waals surface area contributed by atoms with Crippen LogP contribution in [0, 0.1) is 5.82 Å². The van der Waals surface area contributed by atoms with Crippen LogP contribution >= 0.6 is 0 Å². The van der Waals surface area contributed by atoms with E-state index in [0.717, 1.165) is 5.56 Å². The summed E-state index contributed by atoms with van der Waals surface area (Å²) in [6.07, 6.45) is 0.107. The lowest BCUT2D eigenvalue weighted by atomic mass is 10.0. The maximum absolute atomic E-state index is 13.8. The summed E-state index contributed by atoms with van der Waals surface area (Å²) in [6.45, 7) is 2.36. The number of aliphatic imine (C=N–C) groups is 1. The summed E-state index contributed by atoms with van der Waals surface area (Å²) in [6, 6.07) is 10.3. The second-order valence-corrected chi connectivity index (χ2v) is 6.02. The second-order valence-electron chi connectivity index (χ2n) is 6.02. The molecule has 1 atom stereocenters. The zero-order chi connectivity index (χ0) is 20.1. The van der Waals surface area contributed by atoms with Gasteiger partial charge in [0.25, 0.3) is 5.91 Å². The lowest BCUT2D eigenvalue weighted by molar-refractivity contribution is -0.120. The molecule has 1 aliphatic rings. The lowest BCUT2D eigenvalue weighted by Crippen LogP contribution is -2.47. The Hall–Kier alpha value is -3.42. The first-order chi connectivity index (χ1) is 13.5. The van der Waals surface area contributed by atoms with Crippen molar-refractivity contribution in [2.24, 2.45) is 4.99 Å². The van der Waals surface area contributed by atoms with Crippen molar-refractivity contribution in [2.45, 2.75) is 19.4 Å². The van der Waals surface area contributed by atoms with Crippen molar-refractivity contribution in [1.29, 1.82) is 0 Å². The number of guanidine groups is 1. The second kappa shape index (κ2) is 8.51. The fraction of sp³-hybridized carbons (Fsp3) is 0.250. The summed E-state index contributed by atoms with van der Waals surface area (Å²) in [4.78, 5) is 28.8. The van der Waals surface area contributed by atoms with Gasteiger partial charge >= 0.3 is 0 Å². The monoisotopic (exact) mass is 385 g/mol. The molecule has 0 bridgehead atoms. The van der Waals surface area contributed by atoms with Crippen molar-refractivity contribution >= 4 is 17.8 Å². The van der Waals surface area contributed by atoms with E-state index in [0.29, 0.717) is 18.1 Å². The first-order valence-corrected chi connectivity index (χ1v) is 8.76. The fourth-order valence-electron chi connectivity index (χ4n) is 2.83. The highest BCUT2D eigenvalue weighted by molar-refractivity contribution is 6.10. The number of nitrogens with zero attached hydrogens (tertiary/aromatic N) is 1. The van der Waals surface area contributed by atoms with Gasteiger partial charge in [-0.2, -0.15) is 0 Å². The number of ether oxygens (including phenoxy) is 2. The molecule has 28 heavy (non-hydrogen) atoms. The maximum atomic E-state index is 13.8. The molecule has 7 nitrogen and oxygen atoms in total. The Labute approximate surface area is 161 Å². The first-order valence-electron chi connectivity index (χ1n) is 8.76. The average molecular weight is 385 g/mol. The summed E-state index contributed by atoms with van der Waals surface area (Å²) in [5.41, 5.74) is 0.595. The van der Waals surface area contributed by atoms with E-state index >= 15 is 0 Å². The van der Waals surface area contributed by atoms with E-state index in [1.807, 2.05) is 6.92 Å². The molecule has 0 saturated carbocycles. The van der Waals surface area contributed by atoms with Crippen molar-refractivity contribution < 1.29 is 23.5 Å². The molecule has 2 N–H and O–H groups in total. The molecule has 2 aromatic carbocycles. The Kier molecular flexibility index (Phi) is 5.88. The number of nitrogens with one attached hydrogen (secondary N) is 2. The van der Waals surface area contributed by atoms with Crippen LogP contribution in [-0.4, -0.2) is 31.5 Å². The largest absolute Gasteiger partial charge is 0.493 e. The summed E-state index contributed by atoms with van der Waals surface area (Å²) in [7, 11) is 1.53. The van der Waals surface area contributed by atoms with Gasteiger partial charge in [0.1, 0.15) is 5.82 Å². The van der Waals surface area contributed by atoms with Crippen molar-refractivity contribution in [3.05, 3.63) is 59.4 Å². The van der Waals surface area contributed by atoms with Gasteiger partial charge in [-0.05, 0) is 36.8 Å². The van der Waals surface area contributed by atoms with Gasteiger partial charge in [-0.1, -0.05) is 18.2 Å². The van der Waals surface area contributed by atoms with Crippen molar-refractivity contribution in [2.75, 3.05) is 13.7 Å². The van der Waals surface area contributed by atoms with Gasteiger partial charge in [0.15, 0.2) is 11.5 Å². The van der Waals surface area contributed by atoms with Gasteiger partial charge in [-0.25, -0.2) is 9.38 Å². The molecule has 0 aromatic heterocycles. The number of carbonyl (C=O) groups excluding carboxylic acids is 2. The van der Waals surface area contributed by atoms with E-state index in [2.05, 4.69) is 15.6 Å². The Morgan fingerprint density at radius 1 is 1.29 bits per heavy atom. The number of benzene rings is 2. The van der Waals surface area contributed by atoms with E-state index in [9.17, 15) is 14.0 Å². The third-order valence-electron chi connectivity index (χ3n) is 4.14. The van der Waals surface area contributed by atoms with Gasteiger partial charge in [0.2, 0.25) is 11.9 Å². The van der Waals surface area contributed by atoms with Crippen LogP contribution in [0.4, 0.5) is 4.39 Å². The topological polar surface area (TPSA) is 89.0 Å². The van der Waals surface area contributed by atoms with Crippen LogP contribution in [0.25, 0.3) is 0 Å². The summed E-state index contributed by atoms with van der Waals surface area (Å²) >= 11 is 0. The van der Waals surface area contributed by atoms with Crippen LogP contribution in [0.15, 0.2) is 47.5 Å². The highest BCUT2D eigenvalue weighted by Crippen LogP contribution is 2.33. The van der Waals surface area contributed by atoms with Crippen molar-refractivity contribution in [1.82, 2.24) is 10.6 Å². The Bertz CT molecular complexity index is 929. The third-order valence-corrected chi connectivity index (χ3v) is 4.14. The minimum Gasteiger partial charge on any atom is -0.493 e. The number of hydrogen-bond donors (Lipinski definition) is 2. The molecule has 0 radical (unpaired) electrons. The molecular weight excluding hydrogens is 365 g/mol. The predicted octanol–water partition coefficient (Wildman–Crippen LogP) is 2.58. The Morgan fingerprint density at radius 3 is 2.79 bits per heavy atom. The minimum atomic E-state index is -0.693. The number of amides is 2. The molecule has 2 amide bonds. The van der Waals surface area contributed by atoms with Crippen LogP contribution in [0.1, 0.15) is 35.3 Å². The van der Waals surface area contributed by atoms with Crippen LogP contribution < -0.4 is 20.1 Å². The quantitative estimate of drug-likeness (QED) is 0.828. The van der Waals surface area contributed by atoms with Crippen LogP contribution in [-0.2, 0) is 4.79 Å². The molecule has 0 saturated heterocycles. The van der Waals surface area contributed by atoms with Crippen LogP contribution in [0.2, 0.25) is 0 Å². The van der Waals surface area contributed by atoms with Crippen LogP contribution in [0.3, 0.4) is 0 Å². The van der Waals surface area contributed by atoms with Crippen molar-refractivity contribution in [3.63, 3.8) is 0 Å². The SMILES string of the molecule is CCOc1ccc([C@@H]2CC(=O)NC(NC(=O)c3ccccc3F)=N2)cc1OC. The molecule has 3 rings (SSSR count). The number of carbonyl (C=O) groups is 2. The molecule has 146 valence electrons. The number of hydrogen-bond acceptors (Lipinski definition) is 5. The van der Waals surface area contributed by atoms with E-state index < -0.39 is 17.8 Å². The molecular formula is C20H20FN3O4. The van der Waals surface area contributed by atoms with Gasteiger partial charge in [0, 0.05) is 0 Å². The number of methoxy groups -OCH3 is 1. The van der Waals surface area contributed by atoms with Gasteiger partial charge < -0.3 is 9.47 Å². The van der Waals surface area contributed by atoms with E-state index in [1.165, 1.54) is 25.3 Å². The first kappa shape index (κ1) is 19.3. The molecule has 0 fully saturated rings. The molecule has 2 aromatic rings. The maximum Gasteiger partial charge on any atom is 0.260 e. The zero-order valence-corrected chi connectivity index (χ0v) is 15.5. The van der Waals surface area contributed by atoms with E-state index in [4.69, 9.17) is 9.47 Å². The molecule has 1 aliphatic heterocycles. The lowest BCUT2D eigenvalue weighted by Gasteiger charge is -2.22. The Morgan fingerprint density at radius 2 is 2.07 bits per heavy atom. The normalized spacial score (nSPS) is 16.0. The summed E-state index contributed by atoms with van der Waals surface area (Å²) < 4.78 is 24.6. The standard InChI is InChI=1S/C20H20FN3O4/c1-3-28-16-9-8-12(10-17(16)27-2)15-11-18(25)23-20(22-15)24-19(26)13-6-4-5-7-14(13)21/h4-10,15H,3,11H2,1-2H3,(H2,22,23,24,25,26)/t15-/m0/s1. The van der Waals surface area contributed by atoms with Gasteiger partial charge in [-0.3, -0.25) is 20.2 Å². The van der Waals surface area contributed by atoms with Crippen LogP contribution in [0.5, 0.6) is 11.5 Å². The van der Waals surface area contributed by atoms with Gasteiger partial charge in [-0.15, -0.1) is 0 Å². The molecule has 8 heteroatoms. The smallest absolute Gasteiger partial charge is 0.260 e. The predicted molar refractivity (Wildman–Crippen MR) is 101 cm³/mol. The van der Waals surface area contributed by atoms with E-state index in [-0.39, 0.29) is 23.9 Å². The fourth-order valence-corrected chi connectivity index (χ4v) is 2.83. The van der Waals surface area contributed by atoms with Crippen molar-refractivity contribution in [3.8, 4) is 11.5 Å². The summed E-state index contributed by atoms with van der Waals surface area (Å²) in [5, 5.41) is 4.95. The molecule has 0 unspecified atom stereocenters. The molecule has 0 aliphatic carbocycles. The zero-order valence-electron chi connectivity index (χ0n) is 15.5. The highest BCUT2D eigenvalue weighted by atomic mass is 19.1. The Balaban J connectivity index is 1.84. The summed E-state index contributed by atoms with van der Waals surface area (Å²) in [5.74, 6) is -0.569. The third kappa shape index (κ3) is 4.28.